The Kier molecular flexibility index (Phi) is 5.34. The molecule has 150 valence electrons. The second kappa shape index (κ2) is 7.29. The van der Waals surface area contributed by atoms with E-state index in [0.29, 0.717) is 33.5 Å². The fourth-order valence-electron chi connectivity index (χ4n) is 3.20. The summed E-state index contributed by atoms with van der Waals surface area (Å²) in [7, 11) is 0. The molecule has 0 saturated carbocycles. The molecule has 1 unspecified atom stereocenters. The molecule has 0 bridgehead atoms. The lowest BCUT2D eigenvalue weighted by molar-refractivity contribution is 0.0165. The third-order valence-electron chi connectivity index (χ3n) is 4.34. The normalized spacial score (nSPS) is 16.6. The van der Waals surface area contributed by atoms with Gasteiger partial charge < -0.3 is 15.4 Å². The summed E-state index contributed by atoms with van der Waals surface area (Å²) in [4.78, 5) is 26.4. The number of aromatic nitrogens is 2. The van der Waals surface area contributed by atoms with Crippen LogP contribution >= 0.6 is 23.2 Å². The zero-order valence-electron chi connectivity index (χ0n) is 16.1. The van der Waals surface area contributed by atoms with Crippen molar-refractivity contribution in [3.8, 4) is 11.3 Å². The van der Waals surface area contributed by atoms with Gasteiger partial charge in [-0.15, -0.1) is 0 Å². The molecule has 0 aliphatic carbocycles. The van der Waals surface area contributed by atoms with Crippen molar-refractivity contribution in [3.05, 3.63) is 39.5 Å². The molecule has 9 heteroatoms. The Bertz CT molecular complexity index is 949. The van der Waals surface area contributed by atoms with Crippen LogP contribution in [0.5, 0.6) is 0 Å². The van der Waals surface area contributed by atoms with Crippen LogP contribution in [0.3, 0.4) is 0 Å². The van der Waals surface area contributed by atoms with Crippen molar-refractivity contribution in [2.45, 2.75) is 45.9 Å². The number of carbonyl (C=O) groups is 2. The van der Waals surface area contributed by atoms with E-state index in [-0.39, 0.29) is 18.2 Å². The van der Waals surface area contributed by atoms with Crippen LogP contribution in [0.2, 0.25) is 10.0 Å². The van der Waals surface area contributed by atoms with Crippen LogP contribution in [0, 0.1) is 0 Å². The molecule has 0 radical (unpaired) electrons. The van der Waals surface area contributed by atoms with E-state index in [4.69, 9.17) is 33.7 Å². The topological polar surface area (TPSA) is 90.4 Å². The van der Waals surface area contributed by atoms with Gasteiger partial charge in [-0.3, -0.25) is 9.48 Å². The van der Waals surface area contributed by atoms with E-state index >= 15 is 0 Å². The fourth-order valence-corrected chi connectivity index (χ4v) is 3.50. The van der Waals surface area contributed by atoms with E-state index < -0.39 is 17.6 Å². The summed E-state index contributed by atoms with van der Waals surface area (Å²) in [6, 6.07) is 4.84. The fraction of sp³-hybridized carbons (Fsp3) is 0.421. The molecule has 1 aromatic heterocycles. The molecule has 2 N–H and O–H groups in total. The minimum absolute atomic E-state index is 0.161. The van der Waals surface area contributed by atoms with E-state index in [0.717, 1.165) is 0 Å². The lowest BCUT2D eigenvalue weighted by atomic mass is 10.0. The standard InChI is InChI=1S/C19H22Cl2N4O3/c1-10-8-24(18(27)28-19(2,3)4)9-14-15(17(22)26)16(23-25(10)14)11-5-6-12(20)13(21)7-11/h5-7,10H,8-9H2,1-4H3,(H2,22,26). The molecule has 2 heterocycles. The molecular formula is C19H22Cl2N4O3. The van der Waals surface area contributed by atoms with Crippen LogP contribution in [0.1, 0.15) is 49.8 Å². The summed E-state index contributed by atoms with van der Waals surface area (Å²) >= 11 is 12.1. The number of carbonyl (C=O) groups excluding carboxylic acids is 2. The number of benzene rings is 1. The van der Waals surface area contributed by atoms with Gasteiger partial charge in [0.05, 0.1) is 33.9 Å². The Balaban J connectivity index is 2.05. The van der Waals surface area contributed by atoms with Crippen molar-refractivity contribution in [1.29, 1.82) is 0 Å². The number of primary amides is 1. The lowest BCUT2D eigenvalue weighted by Crippen LogP contribution is -2.43. The highest BCUT2D eigenvalue weighted by atomic mass is 35.5. The Labute approximate surface area is 173 Å². The molecule has 0 saturated heterocycles. The third-order valence-corrected chi connectivity index (χ3v) is 5.08. The molecule has 1 aromatic carbocycles. The first kappa shape index (κ1) is 20.5. The summed E-state index contributed by atoms with van der Waals surface area (Å²) in [6.45, 7) is 7.91. The van der Waals surface area contributed by atoms with Gasteiger partial charge in [0.2, 0.25) is 0 Å². The zero-order chi connectivity index (χ0) is 20.8. The van der Waals surface area contributed by atoms with Crippen molar-refractivity contribution in [2.75, 3.05) is 6.54 Å². The molecule has 0 fully saturated rings. The van der Waals surface area contributed by atoms with Crippen molar-refractivity contribution in [1.82, 2.24) is 14.7 Å². The molecule has 0 spiro atoms. The number of hydrogen-bond acceptors (Lipinski definition) is 4. The van der Waals surface area contributed by atoms with Gasteiger partial charge in [-0.2, -0.15) is 5.10 Å². The largest absolute Gasteiger partial charge is 0.444 e. The summed E-state index contributed by atoms with van der Waals surface area (Å²) in [6.07, 6.45) is -0.446. The van der Waals surface area contributed by atoms with Gasteiger partial charge in [0.1, 0.15) is 11.3 Å². The predicted molar refractivity (Wildman–Crippen MR) is 108 cm³/mol. The van der Waals surface area contributed by atoms with Crippen LogP contribution in [-0.4, -0.2) is 38.8 Å². The van der Waals surface area contributed by atoms with Crippen LogP contribution < -0.4 is 5.73 Å². The van der Waals surface area contributed by atoms with Gasteiger partial charge in [0, 0.05) is 12.1 Å². The SMILES string of the molecule is CC1CN(C(=O)OC(C)(C)C)Cc2c(C(N)=O)c(-c3ccc(Cl)c(Cl)c3)nn21. The van der Waals surface area contributed by atoms with Crippen molar-refractivity contribution >= 4 is 35.2 Å². The number of fused-ring (bicyclic) bond motifs is 1. The summed E-state index contributed by atoms with van der Waals surface area (Å²) in [5.74, 6) is -0.624. The number of nitrogens with zero attached hydrogens (tertiary/aromatic N) is 3. The van der Waals surface area contributed by atoms with E-state index in [1.54, 1.807) is 48.6 Å². The maximum absolute atomic E-state index is 12.5. The first-order chi connectivity index (χ1) is 13.0. The lowest BCUT2D eigenvalue weighted by Gasteiger charge is -2.33. The highest BCUT2D eigenvalue weighted by Gasteiger charge is 2.34. The summed E-state index contributed by atoms with van der Waals surface area (Å²) in [5.41, 5.74) is 6.93. The second-order valence-corrected chi connectivity index (χ2v) is 8.63. The number of hydrogen-bond donors (Lipinski definition) is 1. The van der Waals surface area contributed by atoms with E-state index in [2.05, 4.69) is 5.10 Å². The quantitative estimate of drug-likeness (QED) is 0.778. The summed E-state index contributed by atoms with van der Waals surface area (Å²) in [5, 5.41) is 5.35. The molecule has 1 atom stereocenters. The van der Waals surface area contributed by atoms with Crippen LogP contribution in [0.15, 0.2) is 18.2 Å². The minimum Gasteiger partial charge on any atom is -0.444 e. The average molecular weight is 425 g/mol. The average Bonchev–Trinajstić information content (AvgIpc) is 2.96. The van der Waals surface area contributed by atoms with Crippen molar-refractivity contribution in [2.24, 2.45) is 5.73 Å². The van der Waals surface area contributed by atoms with Gasteiger partial charge in [-0.25, -0.2) is 4.79 Å². The molecular weight excluding hydrogens is 403 g/mol. The van der Waals surface area contributed by atoms with Gasteiger partial charge in [0.25, 0.3) is 5.91 Å². The predicted octanol–water partition coefficient (Wildman–Crippen LogP) is 4.27. The maximum atomic E-state index is 12.5. The first-order valence-electron chi connectivity index (χ1n) is 8.82. The minimum atomic E-state index is -0.624. The van der Waals surface area contributed by atoms with Crippen LogP contribution in [-0.2, 0) is 11.3 Å². The molecule has 28 heavy (non-hydrogen) atoms. The number of ether oxygens (including phenoxy) is 1. The van der Waals surface area contributed by atoms with E-state index in [9.17, 15) is 9.59 Å². The van der Waals surface area contributed by atoms with E-state index in [1.807, 2.05) is 6.92 Å². The Morgan fingerprint density at radius 3 is 2.50 bits per heavy atom. The highest BCUT2D eigenvalue weighted by Crippen LogP contribution is 2.34. The van der Waals surface area contributed by atoms with Crippen molar-refractivity contribution in [3.63, 3.8) is 0 Å². The van der Waals surface area contributed by atoms with Gasteiger partial charge in [0.15, 0.2) is 0 Å². The number of nitrogens with two attached hydrogens (primary N) is 1. The summed E-state index contributed by atoms with van der Waals surface area (Å²) < 4.78 is 7.21. The molecule has 1 aliphatic rings. The second-order valence-electron chi connectivity index (χ2n) is 7.82. The molecule has 1 aliphatic heterocycles. The highest BCUT2D eigenvalue weighted by molar-refractivity contribution is 6.42. The van der Waals surface area contributed by atoms with Crippen molar-refractivity contribution < 1.29 is 14.3 Å². The monoisotopic (exact) mass is 424 g/mol. The Morgan fingerprint density at radius 2 is 1.93 bits per heavy atom. The number of rotatable bonds is 2. The third kappa shape index (κ3) is 3.95. The molecule has 3 rings (SSSR count). The maximum Gasteiger partial charge on any atom is 0.410 e. The molecule has 2 aromatic rings. The number of halogens is 2. The van der Waals surface area contributed by atoms with Crippen LogP contribution in [0.25, 0.3) is 11.3 Å². The molecule has 2 amide bonds. The van der Waals surface area contributed by atoms with Crippen LogP contribution in [0.4, 0.5) is 4.79 Å². The number of amides is 2. The Morgan fingerprint density at radius 1 is 1.25 bits per heavy atom. The zero-order valence-corrected chi connectivity index (χ0v) is 17.6. The van der Waals surface area contributed by atoms with Gasteiger partial charge in [-0.1, -0.05) is 29.3 Å². The first-order valence-corrected chi connectivity index (χ1v) is 9.58. The van der Waals surface area contributed by atoms with Gasteiger partial charge in [-0.05, 0) is 39.8 Å². The Hall–Kier alpha value is -2.25. The smallest absolute Gasteiger partial charge is 0.410 e. The van der Waals surface area contributed by atoms with Gasteiger partial charge >= 0.3 is 6.09 Å². The van der Waals surface area contributed by atoms with E-state index in [1.165, 1.54) is 0 Å². The molecule has 7 nitrogen and oxygen atoms in total.